The second-order valence-electron chi connectivity index (χ2n) is 13.5. The van der Waals surface area contributed by atoms with Gasteiger partial charge in [-0.2, -0.15) is 0 Å². The van der Waals surface area contributed by atoms with E-state index in [1.807, 2.05) is 0 Å². The molecule has 2 heterocycles. The first-order valence-electron chi connectivity index (χ1n) is 11.9. The number of hydrogen-bond acceptors (Lipinski definition) is 2. The highest BCUT2D eigenvalue weighted by atomic mass is 15.2. The van der Waals surface area contributed by atoms with E-state index in [0.717, 1.165) is 0 Å². The molecule has 0 radical (unpaired) electrons. The molecule has 166 valence electrons. The van der Waals surface area contributed by atoms with E-state index < -0.39 is 0 Å². The fraction of sp³-hybridized carbons (Fsp3) is 1.00. The maximum Gasteiger partial charge on any atom is 0.0158 e. The maximum absolute atomic E-state index is 3.96. The Balaban J connectivity index is 2.74. The third-order valence-electron chi connectivity index (χ3n) is 9.21. The SMILES string of the molecule is CC1CC(C)C2(C(C)CC(C)N(C)C(C)(C)CC2(C)C)C(C)(C)CC(C)(C)N1. The second kappa shape index (κ2) is 7.26. The van der Waals surface area contributed by atoms with Crippen molar-refractivity contribution in [2.45, 2.75) is 132 Å². The van der Waals surface area contributed by atoms with Gasteiger partial charge < -0.3 is 5.32 Å². The molecule has 2 saturated heterocycles. The normalized spacial score (nSPS) is 43.6. The summed E-state index contributed by atoms with van der Waals surface area (Å²) in [5, 5.41) is 3.96. The molecule has 5 atom stereocenters. The molecule has 2 nitrogen and oxygen atoms in total. The van der Waals surface area contributed by atoms with E-state index in [1.165, 1.54) is 25.7 Å². The molecule has 1 N–H and O–H groups in total. The van der Waals surface area contributed by atoms with Crippen LogP contribution in [-0.4, -0.2) is 35.1 Å². The van der Waals surface area contributed by atoms with Crippen LogP contribution >= 0.6 is 0 Å². The van der Waals surface area contributed by atoms with Crippen LogP contribution < -0.4 is 5.32 Å². The van der Waals surface area contributed by atoms with Gasteiger partial charge in [0.2, 0.25) is 0 Å². The summed E-state index contributed by atoms with van der Waals surface area (Å²) in [6.07, 6.45) is 5.04. The first-order valence-corrected chi connectivity index (χ1v) is 11.9. The number of nitrogens with zero attached hydrogens (tertiary/aromatic N) is 1. The van der Waals surface area contributed by atoms with Crippen molar-refractivity contribution in [3.05, 3.63) is 0 Å². The predicted octanol–water partition coefficient (Wildman–Crippen LogP) is 6.74. The van der Waals surface area contributed by atoms with Crippen LogP contribution in [0.5, 0.6) is 0 Å². The summed E-state index contributed by atoms with van der Waals surface area (Å²) < 4.78 is 0. The average Bonchev–Trinajstić information content (AvgIpc) is 2.40. The van der Waals surface area contributed by atoms with Gasteiger partial charge in [-0.05, 0) is 102 Å². The summed E-state index contributed by atoms with van der Waals surface area (Å²) in [5.74, 6) is 1.39. The van der Waals surface area contributed by atoms with E-state index in [4.69, 9.17) is 0 Å². The van der Waals surface area contributed by atoms with Crippen molar-refractivity contribution < 1.29 is 0 Å². The highest BCUT2D eigenvalue weighted by Gasteiger charge is 2.63. The molecule has 2 aliphatic rings. The lowest BCUT2D eigenvalue weighted by atomic mass is 9.39. The molecule has 2 aliphatic heterocycles. The Hall–Kier alpha value is -0.0800. The highest BCUT2D eigenvalue weighted by Crippen LogP contribution is 2.68. The molecule has 2 heteroatoms. The van der Waals surface area contributed by atoms with Gasteiger partial charge in [-0.25, -0.2) is 0 Å². The molecular formula is C26H52N2. The lowest BCUT2D eigenvalue weighted by Gasteiger charge is -2.68. The van der Waals surface area contributed by atoms with Gasteiger partial charge in [0.25, 0.3) is 0 Å². The van der Waals surface area contributed by atoms with Crippen LogP contribution in [0.3, 0.4) is 0 Å². The minimum absolute atomic E-state index is 0.173. The lowest BCUT2D eigenvalue weighted by molar-refractivity contribution is -0.189. The molecule has 0 aromatic rings. The molecule has 0 amide bonds. The number of nitrogens with one attached hydrogen (secondary N) is 1. The molecule has 0 bridgehead atoms. The standard InChI is InChI=1S/C26H52N2/c1-18-14-20(3)27-24(9,10)16-22(5,6)26(18)19(2)15-21(4)28(13)25(11,12)17-23(26,7)8/h18-21,27H,14-17H2,1-13H3. The Morgan fingerprint density at radius 1 is 0.714 bits per heavy atom. The van der Waals surface area contributed by atoms with Gasteiger partial charge >= 0.3 is 0 Å². The van der Waals surface area contributed by atoms with Gasteiger partial charge in [-0.15, -0.1) is 0 Å². The molecular weight excluding hydrogens is 340 g/mol. The third kappa shape index (κ3) is 3.82. The van der Waals surface area contributed by atoms with Gasteiger partial charge in [0.15, 0.2) is 0 Å². The van der Waals surface area contributed by atoms with Crippen LogP contribution in [0.25, 0.3) is 0 Å². The van der Waals surface area contributed by atoms with Crippen molar-refractivity contribution in [2.75, 3.05) is 7.05 Å². The first kappa shape index (κ1) is 24.2. The summed E-state index contributed by atoms with van der Waals surface area (Å²) in [6.45, 7) is 30.3. The zero-order valence-corrected chi connectivity index (χ0v) is 21.6. The maximum atomic E-state index is 3.96. The number of hydrogen-bond donors (Lipinski definition) is 1. The molecule has 2 fully saturated rings. The summed E-state index contributed by atoms with van der Waals surface area (Å²) in [7, 11) is 2.35. The van der Waals surface area contributed by atoms with Crippen molar-refractivity contribution in [3.8, 4) is 0 Å². The van der Waals surface area contributed by atoms with Crippen LogP contribution in [0.2, 0.25) is 0 Å². The molecule has 0 aliphatic carbocycles. The van der Waals surface area contributed by atoms with Crippen LogP contribution in [0.1, 0.15) is 109 Å². The Bertz CT molecular complexity index is 559. The smallest absolute Gasteiger partial charge is 0.0158 e. The summed E-state index contributed by atoms with van der Waals surface area (Å²) >= 11 is 0. The fourth-order valence-electron chi connectivity index (χ4n) is 9.62. The Morgan fingerprint density at radius 3 is 1.71 bits per heavy atom. The Labute approximate surface area is 177 Å². The van der Waals surface area contributed by atoms with Gasteiger partial charge in [-0.3, -0.25) is 4.90 Å². The monoisotopic (exact) mass is 392 g/mol. The van der Waals surface area contributed by atoms with Crippen LogP contribution in [0, 0.1) is 28.1 Å². The van der Waals surface area contributed by atoms with E-state index in [1.54, 1.807) is 0 Å². The fourth-order valence-corrected chi connectivity index (χ4v) is 9.62. The molecule has 1 spiro atoms. The van der Waals surface area contributed by atoms with Crippen molar-refractivity contribution >= 4 is 0 Å². The van der Waals surface area contributed by atoms with E-state index in [0.29, 0.717) is 29.3 Å². The highest BCUT2D eigenvalue weighted by molar-refractivity contribution is 5.13. The minimum atomic E-state index is 0.173. The molecule has 0 saturated carbocycles. The summed E-state index contributed by atoms with van der Waals surface area (Å²) in [5.41, 5.74) is 1.22. The van der Waals surface area contributed by atoms with Crippen molar-refractivity contribution in [1.29, 1.82) is 0 Å². The predicted molar refractivity (Wildman–Crippen MR) is 125 cm³/mol. The van der Waals surface area contributed by atoms with Crippen molar-refractivity contribution in [1.82, 2.24) is 10.2 Å². The van der Waals surface area contributed by atoms with Crippen LogP contribution in [0.4, 0.5) is 0 Å². The molecule has 0 aromatic carbocycles. The van der Waals surface area contributed by atoms with Crippen LogP contribution in [0.15, 0.2) is 0 Å². The Kier molecular flexibility index (Phi) is 6.27. The van der Waals surface area contributed by atoms with Gasteiger partial charge in [0.05, 0.1) is 0 Å². The van der Waals surface area contributed by atoms with E-state index in [9.17, 15) is 0 Å². The van der Waals surface area contributed by atoms with Crippen molar-refractivity contribution in [2.24, 2.45) is 28.1 Å². The first-order chi connectivity index (χ1) is 12.4. The molecule has 28 heavy (non-hydrogen) atoms. The van der Waals surface area contributed by atoms with Gasteiger partial charge in [-0.1, -0.05) is 41.5 Å². The quantitative estimate of drug-likeness (QED) is 0.491. The molecule has 2 rings (SSSR count). The largest absolute Gasteiger partial charge is 0.309 e. The minimum Gasteiger partial charge on any atom is -0.309 e. The number of rotatable bonds is 0. The van der Waals surface area contributed by atoms with E-state index in [-0.39, 0.29) is 21.9 Å². The molecule has 0 aromatic heterocycles. The van der Waals surface area contributed by atoms with Gasteiger partial charge in [0, 0.05) is 23.2 Å². The van der Waals surface area contributed by atoms with Gasteiger partial charge in [0.1, 0.15) is 0 Å². The van der Waals surface area contributed by atoms with Crippen molar-refractivity contribution in [3.63, 3.8) is 0 Å². The van der Waals surface area contributed by atoms with E-state index >= 15 is 0 Å². The number of likely N-dealkylation sites (tertiary alicyclic amines) is 1. The summed E-state index contributed by atoms with van der Waals surface area (Å²) in [4.78, 5) is 2.66. The molecule has 5 unspecified atom stereocenters. The van der Waals surface area contributed by atoms with Crippen LogP contribution in [-0.2, 0) is 0 Å². The summed E-state index contributed by atoms with van der Waals surface area (Å²) in [6, 6.07) is 1.19. The zero-order valence-electron chi connectivity index (χ0n) is 21.6. The average molecular weight is 393 g/mol. The van der Waals surface area contributed by atoms with E-state index in [2.05, 4.69) is 100 Å². The zero-order chi connectivity index (χ0) is 21.9. The Morgan fingerprint density at radius 2 is 1.18 bits per heavy atom. The second-order valence-corrected chi connectivity index (χ2v) is 13.5. The topological polar surface area (TPSA) is 15.3 Å². The third-order valence-corrected chi connectivity index (χ3v) is 9.21. The lowest BCUT2D eigenvalue weighted by Crippen LogP contribution is -2.66.